The fraction of sp³-hybridized carbons (Fsp3) is 0. The molecule has 0 saturated carbocycles. The Morgan fingerprint density at radius 1 is 0.377 bits per heavy atom. The highest BCUT2D eigenvalue weighted by Gasteiger charge is 2.32. The Hall–Kier alpha value is -9.20. The molecule has 12 rings (SSSR count). The number of hydrogen-bond donors (Lipinski definition) is 0. The van der Waals surface area contributed by atoms with Gasteiger partial charge in [-0.05, 0) is 89.0 Å². The lowest BCUT2D eigenvalue weighted by atomic mass is 9.98. The van der Waals surface area contributed by atoms with Crippen molar-refractivity contribution in [2.24, 2.45) is 0 Å². The lowest BCUT2D eigenvalue weighted by molar-refractivity contribution is 0.381. The van der Waals surface area contributed by atoms with Crippen molar-refractivity contribution in [2.45, 2.75) is 0 Å². The summed E-state index contributed by atoms with van der Waals surface area (Å²) in [6, 6.07) is 57.2. The number of fused-ring (bicyclic) bond motifs is 6. The minimum Gasteiger partial charge on any atom is -0.319 e. The molecule has 4 heterocycles. The first-order valence-electron chi connectivity index (χ1n) is 22.0. The van der Waals surface area contributed by atoms with E-state index < -0.39 is 34.6 Å². The number of benzene rings is 8. The summed E-state index contributed by atoms with van der Waals surface area (Å²) in [6.45, 7) is 8.91. The van der Waals surface area contributed by atoms with Crippen molar-refractivity contribution in [2.75, 3.05) is 0 Å². The maximum atomic E-state index is 16.2. The van der Waals surface area contributed by atoms with Crippen LogP contribution in [-0.4, -0.2) is 19.1 Å². The van der Waals surface area contributed by atoms with Crippen molar-refractivity contribution in [3.05, 3.63) is 235 Å². The van der Waals surface area contributed by atoms with E-state index in [2.05, 4.69) is 20.9 Å². The molecule has 8 aromatic carbocycles. The second-order valence-corrected chi connectivity index (χ2v) is 16.6. The molecule has 12 aromatic rings. The minimum atomic E-state index is -2.28. The molecule has 0 aliphatic rings. The van der Waals surface area contributed by atoms with E-state index in [0.717, 1.165) is 77.3 Å². The van der Waals surface area contributed by atoms with Gasteiger partial charge in [-0.25, -0.2) is 26.8 Å². The van der Waals surface area contributed by atoms with Gasteiger partial charge in [0.2, 0.25) is 11.5 Å². The van der Waals surface area contributed by atoms with Crippen LogP contribution in [0.1, 0.15) is 0 Å². The van der Waals surface area contributed by atoms with Crippen molar-refractivity contribution in [3.63, 3.8) is 0 Å². The molecule has 0 aliphatic heterocycles. The van der Waals surface area contributed by atoms with Gasteiger partial charge in [0.05, 0.1) is 57.0 Å². The standard InChI is InChI=1S/C59H32F5N5/c1-65-58-51(68-47-18-10-8-16-40(47)43-30-36(20-23-49(43)68)38-26-28-66-45(32-38)34-12-4-2-5-13-34)25-22-42(52-53(60)55(62)57(64)56(63)54(52)61)59(58)69-48-19-11-9-17-41(48)44-31-37(21-24-50(44)69)39-27-29-67-46(33-39)35-14-6-3-7-15-35/h2-33H. The first-order valence-corrected chi connectivity index (χ1v) is 22.0. The number of pyridine rings is 2. The molecule has 0 amide bonds. The van der Waals surface area contributed by atoms with Gasteiger partial charge in [-0.1, -0.05) is 115 Å². The minimum absolute atomic E-state index is 0.0623. The van der Waals surface area contributed by atoms with Crippen molar-refractivity contribution >= 4 is 49.3 Å². The predicted molar refractivity (Wildman–Crippen MR) is 264 cm³/mol. The van der Waals surface area contributed by atoms with Gasteiger partial charge >= 0.3 is 0 Å². The average Bonchev–Trinajstić information content (AvgIpc) is 3.92. The van der Waals surface area contributed by atoms with E-state index in [0.29, 0.717) is 16.7 Å². The van der Waals surface area contributed by atoms with Crippen molar-refractivity contribution in [1.82, 2.24) is 19.1 Å². The Balaban J connectivity index is 1.12. The summed E-state index contributed by atoms with van der Waals surface area (Å²) in [7, 11) is 0. The third-order valence-corrected chi connectivity index (χ3v) is 12.9. The lowest BCUT2D eigenvalue weighted by Crippen LogP contribution is -2.08. The zero-order chi connectivity index (χ0) is 46.9. The lowest BCUT2D eigenvalue weighted by Gasteiger charge is -2.21. The molecule has 0 fully saturated rings. The smallest absolute Gasteiger partial charge is 0.234 e. The van der Waals surface area contributed by atoms with Gasteiger partial charge < -0.3 is 9.13 Å². The number of para-hydroxylation sites is 2. The number of aromatic nitrogens is 4. The van der Waals surface area contributed by atoms with E-state index in [-0.39, 0.29) is 16.9 Å². The number of rotatable bonds is 7. The normalized spacial score (nSPS) is 11.5. The van der Waals surface area contributed by atoms with E-state index in [1.807, 2.05) is 162 Å². The third-order valence-electron chi connectivity index (χ3n) is 12.9. The SMILES string of the molecule is [C-]#[N+]c1c(-n2c3ccccc3c3cc(-c4ccnc(-c5ccccc5)c4)ccc32)ccc(-c2c(F)c(F)c(F)c(F)c2F)c1-n1c2ccccc2c2cc(-c3ccnc(-c4ccccc4)c3)ccc21. The Morgan fingerprint density at radius 3 is 1.33 bits per heavy atom. The average molecular weight is 906 g/mol. The second kappa shape index (κ2) is 16.3. The zero-order valence-corrected chi connectivity index (χ0v) is 36.1. The van der Waals surface area contributed by atoms with E-state index >= 15 is 17.6 Å². The maximum absolute atomic E-state index is 16.2. The Kier molecular flexibility index (Phi) is 9.74. The van der Waals surface area contributed by atoms with Crippen LogP contribution in [0.2, 0.25) is 0 Å². The summed E-state index contributed by atoms with van der Waals surface area (Å²) in [4.78, 5) is 13.3. The van der Waals surface area contributed by atoms with Crippen LogP contribution in [-0.2, 0) is 0 Å². The van der Waals surface area contributed by atoms with Gasteiger partial charge in [-0.15, -0.1) is 0 Å². The van der Waals surface area contributed by atoms with Gasteiger partial charge in [0.25, 0.3) is 0 Å². The van der Waals surface area contributed by atoms with Gasteiger partial charge in [0.1, 0.15) is 0 Å². The van der Waals surface area contributed by atoms with E-state index in [1.165, 1.54) is 12.1 Å². The molecule has 4 aromatic heterocycles. The molecule has 0 radical (unpaired) electrons. The van der Waals surface area contributed by atoms with Crippen LogP contribution in [0.3, 0.4) is 0 Å². The quantitative estimate of drug-likeness (QED) is 0.0692. The molecule has 328 valence electrons. The zero-order valence-electron chi connectivity index (χ0n) is 36.1. The fourth-order valence-electron chi connectivity index (χ4n) is 9.69. The number of halogens is 5. The highest BCUT2D eigenvalue weighted by atomic mass is 19.2. The summed E-state index contributed by atoms with van der Waals surface area (Å²) in [5, 5.41) is 3.18. The Labute approximate surface area is 391 Å². The Morgan fingerprint density at radius 2 is 0.812 bits per heavy atom. The molecule has 69 heavy (non-hydrogen) atoms. The topological polar surface area (TPSA) is 40.0 Å². The molecule has 0 unspecified atom stereocenters. The second-order valence-electron chi connectivity index (χ2n) is 16.6. The van der Waals surface area contributed by atoms with E-state index in [4.69, 9.17) is 6.57 Å². The van der Waals surface area contributed by atoms with Crippen LogP contribution in [0.25, 0.3) is 116 Å². The molecule has 0 N–H and O–H groups in total. The summed E-state index contributed by atoms with van der Waals surface area (Å²) in [6.07, 6.45) is 3.52. The maximum Gasteiger partial charge on any atom is 0.234 e. The molecule has 10 heteroatoms. The van der Waals surface area contributed by atoms with Crippen molar-refractivity contribution in [1.29, 1.82) is 0 Å². The first kappa shape index (κ1) is 41.2. The van der Waals surface area contributed by atoms with Crippen LogP contribution < -0.4 is 0 Å². The van der Waals surface area contributed by atoms with Crippen LogP contribution in [0.5, 0.6) is 0 Å². The van der Waals surface area contributed by atoms with Crippen LogP contribution in [0, 0.1) is 35.7 Å². The van der Waals surface area contributed by atoms with Crippen molar-refractivity contribution in [3.8, 4) is 67.3 Å². The van der Waals surface area contributed by atoms with Crippen LogP contribution in [0.4, 0.5) is 27.6 Å². The highest BCUT2D eigenvalue weighted by molar-refractivity contribution is 6.14. The van der Waals surface area contributed by atoms with Gasteiger partial charge in [-0.2, -0.15) is 0 Å². The molecular weight excluding hydrogens is 874 g/mol. The molecule has 5 nitrogen and oxygen atoms in total. The first-order chi connectivity index (χ1) is 33.8. The fourth-order valence-corrected chi connectivity index (χ4v) is 9.69. The third kappa shape index (κ3) is 6.58. The van der Waals surface area contributed by atoms with Gasteiger partial charge in [-0.3, -0.25) is 9.97 Å². The summed E-state index contributed by atoms with van der Waals surface area (Å²) >= 11 is 0. The summed E-state index contributed by atoms with van der Waals surface area (Å²) in [5.41, 5.74) is 8.28. The Bertz CT molecular complexity index is 4070. The van der Waals surface area contributed by atoms with Crippen molar-refractivity contribution < 1.29 is 22.0 Å². The predicted octanol–water partition coefficient (Wildman–Crippen LogP) is 16.3. The monoisotopic (exact) mass is 905 g/mol. The molecule has 0 aliphatic carbocycles. The van der Waals surface area contributed by atoms with Crippen LogP contribution in [0.15, 0.2) is 194 Å². The molecular formula is C59H32F5N5. The largest absolute Gasteiger partial charge is 0.319 e. The summed E-state index contributed by atoms with van der Waals surface area (Å²) in [5.74, 6) is -10.5. The number of nitrogens with zero attached hydrogens (tertiary/aromatic N) is 5. The van der Waals surface area contributed by atoms with Gasteiger partial charge in [0.15, 0.2) is 23.3 Å². The summed E-state index contributed by atoms with van der Waals surface area (Å²) < 4.78 is 81.4. The van der Waals surface area contributed by atoms with E-state index in [1.54, 1.807) is 23.0 Å². The molecule has 0 saturated heterocycles. The molecule has 0 spiro atoms. The number of hydrogen-bond acceptors (Lipinski definition) is 2. The highest BCUT2D eigenvalue weighted by Crippen LogP contribution is 2.48. The van der Waals surface area contributed by atoms with Gasteiger partial charge in [0, 0.05) is 50.6 Å². The van der Waals surface area contributed by atoms with E-state index in [9.17, 15) is 4.39 Å². The molecule has 0 atom stereocenters. The van der Waals surface area contributed by atoms with Crippen LogP contribution >= 0.6 is 0 Å². The molecule has 0 bridgehead atoms.